The summed E-state index contributed by atoms with van der Waals surface area (Å²) in [7, 11) is 1.99. The molecule has 4 heteroatoms. The smallest absolute Gasteiger partial charge is 0.129 e. The van der Waals surface area contributed by atoms with Crippen molar-refractivity contribution in [2.24, 2.45) is 4.99 Å². The molecular weight excluding hydrogens is 332 g/mol. The highest BCUT2D eigenvalue weighted by Crippen LogP contribution is 2.15. The molecule has 0 fully saturated rings. The van der Waals surface area contributed by atoms with Crippen molar-refractivity contribution < 1.29 is 0 Å². The molecule has 0 amide bonds. The third kappa shape index (κ3) is 6.31. The lowest BCUT2D eigenvalue weighted by molar-refractivity contribution is 0.357. The van der Waals surface area contributed by atoms with Gasteiger partial charge in [0.05, 0.1) is 17.3 Å². The fourth-order valence-corrected chi connectivity index (χ4v) is 2.40. The normalized spacial score (nSPS) is 12.7. The molecule has 1 aromatic rings. The second-order valence-corrected chi connectivity index (χ2v) is 6.68. The number of nitriles is 1. The average molecular weight is 363 g/mol. The Bertz CT molecular complexity index is 821. The molecule has 1 unspecified atom stereocenters. The molecular formula is C23H30N4. The molecule has 0 aliphatic carbocycles. The van der Waals surface area contributed by atoms with Crippen molar-refractivity contribution in [3.8, 4) is 6.07 Å². The molecule has 1 aromatic carbocycles. The summed E-state index contributed by atoms with van der Waals surface area (Å²) in [5.41, 5.74) is 5.49. The van der Waals surface area contributed by atoms with Gasteiger partial charge < -0.3 is 10.2 Å². The molecule has 1 rings (SSSR count). The average Bonchev–Trinajstić information content (AvgIpc) is 2.64. The Kier molecular flexibility index (Phi) is 8.29. The van der Waals surface area contributed by atoms with Gasteiger partial charge >= 0.3 is 0 Å². The maximum Gasteiger partial charge on any atom is 0.129 e. The van der Waals surface area contributed by atoms with Crippen molar-refractivity contribution in [3.63, 3.8) is 0 Å². The molecule has 0 radical (unpaired) electrons. The second-order valence-electron chi connectivity index (χ2n) is 6.68. The van der Waals surface area contributed by atoms with E-state index < -0.39 is 0 Å². The lowest BCUT2D eigenvalue weighted by atomic mass is 10.1. The quantitative estimate of drug-likeness (QED) is 0.388. The van der Waals surface area contributed by atoms with Crippen LogP contribution in [0.3, 0.4) is 0 Å². The van der Waals surface area contributed by atoms with E-state index in [0.717, 1.165) is 33.9 Å². The molecule has 0 aliphatic rings. The Hall–Kier alpha value is -3.06. The number of rotatable bonds is 9. The maximum absolute atomic E-state index is 8.97. The van der Waals surface area contributed by atoms with Gasteiger partial charge in [-0.1, -0.05) is 37.5 Å². The fraction of sp³-hybridized carbons (Fsp3) is 0.304. The minimum Gasteiger partial charge on any atom is -0.380 e. The molecule has 0 aliphatic heterocycles. The lowest BCUT2D eigenvalue weighted by Gasteiger charge is -2.27. The number of hydrogen-bond acceptors (Lipinski definition) is 4. The number of hydrogen-bond donors (Lipinski definition) is 1. The number of nitrogens with zero attached hydrogens (tertiary/aromatic N) is 3. The van der Waals surface area contributed by atoms with Crippen LogP contribution in [-0.4, -0.2) is 23.7 Å². The van der Waals surface area contributed by atoms with E-state index in [0.29, 0.717) is 12.1 Å². The summed E-state index contributed by atoms with van der Waals surface area (Å²) in [6.45, 7) is 20.6. The van der Waals surface area contributed by atoms with Crippen molar-refractivity contribution >= 4 is 5.71 Å². The van der Waals surface area contributed by atoms with Gasteiger partial charge in [0.25, 0.3) is 0 Å². The van der Waals surface area contributed by atoms with Crippen LogP contribution in [0.15, 0.2) is 72.2 Å². The molecule has 1 N–H and O–H groups in total. The van der Waals surface area contributed by atoms with Gasteiger partial charge in [0.15, 0.2) is 0 Å². The predicted molar refractivity (Wildman–Crippen MR) is 115 cm³/mol. The standard InChI is InChI=1S/C23H30N4/c1-9-10-23(27(8)20(7)16(2)3)26-19(6)18(5)25-15-22-12-11-21(14-24)13-17(22)4/h9-13,20,25H,1-2,5,15H2,3-4,6-8H3/b23-10-,26-19+. The van der Waals surface area contributed by atoms with Crippen molar-refractivity contribution in [2.45, 2.75) is 40.3 Å². The summed E-state index contributed by atoms with van der Waals surface area (Å²) in [5, 5.41) is 12.3. The third-order valence-electron chi connectivity index (χ3n) is 4.61. The largest absolute Gasteiger partial charge is 0.380 e. The highest BCUT2D eigenvalue weighted by atomic mass is 15.2. The van der Waals surface area contributed by atoms with Gasteiger partial charge in [0.1, 0.15) is 5.82 Å². The highest BCUT2D eigenvalue weighted by molar-refractivity contribution is 5.97. The molecule has 0 saturated carbocycles. The van der Waals surface area contributed by atoms with Crippen LogP contribution in [0.4, 0.5) is 0 Å². The Balaban J connectivity index is 2.89. The van der Waals surface area contributed by atoms with E-state index in [1.54, 1.807) is 6.08 Å². The van der Waals surface area contributed by atoms with Gasteiger partial charge in [-0.05, 0) is 57.0 Å². The van der Waals surface area contributed by atoms with Crippen molar-refractivity contribution in [3.05, 3.63) is 83.9 Å². The van der Waals surface area contributed by atoms with Crippen LogP contribution in [0, 0.1) is 18.3 Å². The molecule has 27 heavy (non-hydrogen) atoms. The number of aryl methyl sites for hydroxylation is 1. The van der Waals surface area contributed by atoms with Gasteiger partial charge in [0.2, 0.25) is 0 Å². The highest BCUT2D eigenvalue weighted by Gasteiger charge is 2.13. The van der Waals surface area contributed by atoms with Gasteiger partial charge in [-0.15, -0.1) is 0 Å². The van der Waals surface area contributed by atoms with Gasteiger partial charge in [-0.25, -0.2) is 4.99 Å². The Morgan fingerprint density at radius 1 is 1.37 bits per heavy atom. The molecule has 142 valence electrons. The lowest BCUT2D eigenvalue weighted by Crippen LogP contribution is -2.29. The third-order valence-corrected chi connectivity index (χ3v) is 4.61. The minimum absolute atomic E-state index is 0.162. The van der Waals surface area contributed by atoms with Crippen molar-refractivity contribution in [1.29, 1.82) is 5.26 Å². The molecule has 0 spiro atoms. The predicted octanol–water partition coefficient (Wildman–Crippen LogP) is 4.85. The first-order valence-electron chi connectivity index (χ1n) is 8.90. The number of likely N-dealkylation sites (N-methyl/N-ethyl adjacent to an activating group) is 1. The zero-order valence-corrected chi connectivity index (χ0v) is 17.1. The molecule has 0 aromatic heterocycles. The summed E-state index contributed by atoms with van der Waals surface area (Å²) in [6.07, 6.45) is 3.60. The number of aliphatic imine (C=N–C) groups is 1. The topological polar surface area (TPSA) is 51.4 Å². The first kappa shape index (κ1) is 22.0. The summed E-state index contributed by atoms with van der Waals surface area (Å²) in [4.78, 5) is 6.78. The van der Waals surface area contributed by atoms with Crippen LogP contribution in [0.25, 0.3) is 0 Å². The van der Waals surface area contributed by atoms with Crippen LogP contribution in [0.5, 0.6) is 0 Å². The van der Waals surface area contributed by atoms with E-state index in [1.165, 1.54) is 0 Å². The molecule has 0 bridgehead atoms. The number of nitrogens with one attached hydrogen (secondary N) is 1. The Morgan fingerprint density at radius 2 is 2.04 bits per heavy atom. The summed E-state index contributed by atoms with van der Waals surface area (Å²) >= 11 is 0. The maximum atomic E-state index is 8.97. The van der Waals surface area contributed by atoms with Crippen LogP contribution in [0.1, 0.15) is 37.5 Å². The van der Waals surface area contributed by atoms with Crippen LogP contribution in [0.2, 0.25) is 0 Å². The molecule has 1 atom stereocenters. The zero-order chi connectivity index (χ0) is 20.6. The summed E-state index contributed by atoms with van der Waals surface area (Å²) < 4.78 is 0. The zero-order valence-electron chi connectivity index (χ0n) is 17.1. The van der Waals surface area contributed by atoms with E-state index in [4.69, 9.17) is 10.3 Å². The van der Waals surface area contributed by atoms with Crippen LogP contribution in [-0.2, 0) is 6.54 Å². The van der Waals surface area contributed by atoms with Crippen LogP contribution < -0.4 is 5.32 Å². The summed E-state index contributed by atoms with van der Waals surface area (Å²) in [5.74, 6) is 0.801. The van der Waals surface area contributed by atoms with Crippen LogP contribution >= 0.6 is 0 Å². The minimum atomic E-state index is 0.162. The first-order chi connectivity index (χ1) is 12.7. The summed E-state index contributed by atoms with van der Waals surface area (Å²) in [6, 6.07) is 8.00. The van der Waals surface area contributed by atoms with E-state index in [9.17, 15) is 0 Å². The van der Waals surface area contributed by atoms with E-state index in [2.05, 4.69) is 42.9 Å². The van der Waals surface area contributed by atoms with E-state index in [-0.39, 0.29) is 6.04 Å². The van der Waals surface area contributed by atoms with Gasteiger partial charge in [-0.3, -0.25) is 0 Å². The monoisotopic (exact) mass is 362 g/mol. The molecule has 4 nitrogen and oxygen atoms in total. The van der Waals surface area contributed by atoms with E-state index >= 15 is 0 Å². The Morgan fingerprint density at radius 3 is 2.56 bits per heavy atom. The molecule has 0 heterocycles. The van der Waals surface area contributed by atoms with Crippen molar-refractivity contribution in [1.82, 2.24) is 10.2 Å². The SMILES string of the molecule is C=C/C=C(/N=C(\C)C(=C)NCc1ccc(C#N)cc1C)N(C)C(C)C(=C)C. The van der Waals surface area contributed by atoms with Gasteiger partial charge in [-0.2, -0.15) is 5.26 Å². The second kappa shape index (κ2) is 10.2. The van der Waals surface area contributed by atoms with E-state index in [1.807, 2.05) is 52.1 Å². The fourth-order valence-electron chi connectivity index (χ4n) is 2.40. The van der Waals surface area contributed by atoms with Gasteiger partial charge in [0, 0.05) is 25.3 Å². The Labute approximate surface area is 163 Å². The van der Waals surface area contributed by atoms with Crippen molar-refractivity contribution in [2.75, 3.05) is 7.05 Å². The molecule has 0 saturated heterocycles. The number of allylic oxidation sites excluding steroid dienone is 3. The number of benzene rings is 1. The first-order valence-corrected chi connectivity index (χ1v) is 8.90.